The molecule has 9 heavy (non-hydrogen) atoms. The van der Waals surface area contributed by atoms with Crippen LogP contribution in [0.2, 0.25) is 0 Å². The van der Waals surface area contributed by atoms with E-state index < -0.39 is 0 Å². The van der Waals surface area contributed by atoms with Crippen molar-refractivity contribution in [1.82, 2.24) is 0 Å². The van der Waals surface area contributed by atoms with Gasteiger partial charge in [0.05, 0.1) is 0 Å². The second-order valence-electron chi connectivity index (χ2n) is 0.962. The minimum absolute atomic E-state index is 0. The molecule has 0 bridgehead atoms. The van der Waals surface area contributed by atoms with Crippen LogP contribution in [0.3, 0.4) is 0 Å². The van der Waals surface area contributed by atoms with Crippen LogP contribution < -0.4 is 0 Å². The third-order valence-electron chi connectivity index (χ3n) is 0.556. The van der Waals surface area contributed by atoms with Crippen LogP contribution in [-0.4, -0.2) is 0 Å². The molecular formula is C8H14Pt. The Balaban J connectivity index is -0.0000000312. The molecule has 0 atom stereocenters. The van der Waals surface area contributed by atoms with Gasteiger partial charge in [-0.1, -0.05) is 0 Å². The molecule has 0 unspecified atom stereocenters. The van der Waals surface area contributed by atoms with Gasteiger partial charge in [0.1, 0.15) is 0 Å². The van der Waals surface area contributed by atoms with Crippen LogP contribution in [0, 0.1) is 22.3 Å². The second kappa shape index (κ2) is 15.7. The third kappa shape index (κ3) is 11.5. The predicted molar refractivity (Wildman–Crippen MR) is 41.3 cm³/mol. The largest absolute Gasteiger partial charge is 4.00 e. The zero-order valence-electron chi connectivity index (χ0n) is 6.20. The first kappa shape index (κ1) is 23.0. The van der Waals surface area contributed by atoms with Crippen LogP contribution in [0.5, 0.6) is 0 Å². The first-order chi connectivity index (χ1) is 2.50. The Morgan fingerprint density at radius 3 is 1.22 bits per heavy atom. The molecule has 1 aromatic rings. The minimum atomic E-state index is 0. The summed E-state index contributed by atoms with van der Waals surface area (Å²) in [6, 6.07) is 10.0. The Hall–Kier alpha value is 0.0383. The summed E-state index contributed by atoms with van der Waals surface area (Å²) >= 11 is 0. The fourth-order valence-corrected chi connectivity index (χ4v) is 0.321. The monoisotopic (exact) mass is 305 g/mol. The van der Waals surface area contributed by atoms with Crippen LogP contribution in [0.15, 0.2) is 30.3 Å². The molecule has 0 heterocycles. The van der Waals surface area contributed by atoms with Crippen molar-refractivity contribution in [2.45, 2.75) is 0 Å². The zero-order chi connectivity index (χ0) is 3.54. The molecule has 0 aliphatic heterocycles. The van der Waals surface area contributed by atoms with Gasteiger partial charge < -0.3 is 22.3 Å². The maximum absolute atomic E-state index is 2.00. The van der Waals surface area contributed by atoms with Gasteiger partial charge in [-0.3, -0.25) is 0 Å². The molecule has 0 amide bonds. The standard InChI is InChI=1S/C5H5.3CH3.Pt/c1-2-4-5-3-1;;;;/h1-5H;3*1H3;/q4*-1;+4. The molecule has 1 rings (SSSR count). The van der Waals surface area contributed by atoms with Crippen molar-refractivity contribution < 1.29 is 21.1 Å². The number of rotatable bonds is 0. The van der Waals surface area contributed by atoms with Crippen molar-refractivity contribution in [1.29, 1.82) is 0 Å². The molecule has 0 spiro atoms. The number of hydrogen-bond donors (Lipinski definition) is 0. The van der Waals surface area contributed by atoms with Gasteiger partial charge in [0.2, 0.25) is 0 Å². The van der Waals surface area contributed by atoms with Crippen molar-refractivity contribution in [3.8, 4) is 0 Å². The SMILES string of the molecule is [CH3-].[CH3-].[CH3-].[Pt+4].c1cc[cH-]c1. The maximum atomic E-state index is 2.00. The summed E-state index contributed by atoms with van der Waals surface area (Å²) < 4.78 is 0. The van der Waals surface area contributed by atoms with Gasteiger partial charge in [0.25, 0.3) is 0 Å². The number of hydrogen-bond acceptors (Lipinski definition) is 0. The smallest absolute Gasteiger partial charge is 0.358 e. The van der Waals surface area contributed by atoms with E-state index in [1.165, 1.54) is 0 Å². The normalized spacial score (nSPS) is 4.44. The third-order valence-corrected chi connectivity index (χ3v) is 0.556. The van der Waals surface area contributed by atoms with Crippen molar-refractivity contribution in [2.75, 3.05) is 0 Å². The molecule has 0 saturated carbocycles. The summed E-state index contributed by atoms with van der Waals surface area (Å²) in [4.78, 5) is 0. The molecule has 0 nitrogen and oxygen atoms in total. The van der Waals surface area contributed by atoms with E-state index in [-0.39, 0.29) is 43.3 Å². The minimum Gasteiger partial charge on any atom is -0.358 e. The summed E-state index contributed by atoms with van der Waals surface area (Å²) in [7, 11) is 0. The summed E-state index contributed by atoms with van der Waals surface area (Å²) in [6.07, 6.45) is 0. The predicted octanol–water partition coefficient (Wildman–Crippen LogP) is 2.75. The van der Waals surface area contributed by atoms with E-state index in [1.54, 1.807) is 0 Å². The van der Waals surface area contributed by atoms with E-state index in [0.717, 1.165) is 0 Å². The Bertz CT molecular complexity index is 61.0. The molecule has 0 aliphatic carbocycles. The summed E-state index contributed by atoms with van der Waals surface area (Å²) in [5.74, 6) is 0. The van der Waals surface area contributed by atoms with Gasteiger partial charge in [-0.2, -0.15) is 18.2 Å². The zero-order valence-corrected chi connectivity index (χ0v) is 8.48. The van der Waals surface area contributed by atoms with E-state index in [9.17, 15) is 0 Å². The fourth-order valence-electron chi connectivity index (χ4n) is 0.321. The Labute approximate surface area is 73.9 Å². The Kier molecular flexibility index (Phi) is 40.1. The van der Waals surface area contributed by atoms with Crippen molar-refractivity contribution in [2.24, 2.45) is 0 Å². The molecule has 0 aliphatic rings. The van der Waals surface area contributed by atoms with Gasteiger partial charge in [0, 0.05) is 0 Å². The summed E-state index contributed by atoms with van der Waals surface area (Å²) in [6.45, 7) is 0. The van der Waals surface area contributed by atoms with Crippen LogP contribution in [0.1, 0.15) is 0 Å². The van der Waals surface area contributed by atoms with Gasteiger partial charge in [-0.25, -0.2) is 12.1 Å². The van der Waals surface area contributed by atoms with E-state index in [4.69, 9.17) is 0 Å². The van der Waals surface area contributed by atoms with Crippen LogP contribution in [-0.2, 0) is 21.1 Å². The first-order valence-corrected chi connectivity index (χ1v) is 1.67. The van der Waals surface area contributed by atoms with Crippen molar-refractivity contribution >= 4 is 0 Å². The van der Waals surface area contributed by atoms with E-state index in [0.29, 0.717) is 0 Å². The maximum Gasteiger partial charge on any atom is 4.00 e. The molecule has 0 saturated heterocycles. The van der Waals surface area contributed by atoms with Crippen molar-refractivity contribution in [3.63, 3.8) is 0 Å². The van der Waals surface area contributed by atoms with Crippen LogP contribution in [0.4, 0.5) is 0 Å². The molecule has 1 heteroatoms. The van der Waals surface area contributed by atoms with Gasteiger partial charge >= 0.3 is 21.1 Å². The van der Waals surface area contributed by atoms with Gasteiger partial charge in [-0.05, 0) is 0 Å². The Morgan fingerprint density at radius 2 is 1.11 bits per heavy atom. The van der Waals surface area contributed by atoms with E-state index in [1.807, 2.05) is 30.3 Å². The average Bonchev–Trinajstić information content (AvgIpc) is 1.76. The average molecular weight is 305 g/mol. The molecule has 0 radical (unpaired) electrons. The second-order valence-corrected chi connectivity index (χ2v) is 0.962. The van der Waals surface area contributed by atoms with Crippen molar-refractivity contribution in [3.05, 3.63) is 52.6 Å². The van der Waals surface area contributed by atoms with Gasteiger partial charge in [-0.15, -0.1) is 0 Å². The molecule has 0 N–H and O–H groups in total. The first-order valence-electron chi connectivity index (χ1n) is 1.67. The summed E-state index contributed by atoms with van der Waals surface area (Å²) in [5, 5.41) is 0. The van der Waals surface area contributed by atoms with E-state index in [2.05, 4.69) is 0 Å². The Morgan fingerprint density at radius 1 is 0.778 bits per heavy atom. The molecule has 1 aromatic carbocycles. The summed E-state index contributed by atoms with van der Waals surface area (Å²) in [5.41, 5.74) is 0. The van der Waals surface area contributed by atoms with Crippen LogP contribution in [0.25, 0.3) is 0 Å². The quantitative estimate of drug-likeness (QED) is 0.647. The fraction of sp³-hybridized carbons (Fsp3) is 0. The molecule has 0 fully saturated rings. The molecule has 56 valence electrons. The van der Waals surface area contributed by atoms with E-state index >= 15 is 0 Å². The van der Waals surface area contributed by atoms with Gasteiger partial charge in [0.15, 0.2) is 0 Å². The topological polar surface area (TPSA) is 0 Å². The molecule has 0 aromatic heterocycles. The van der Waals surface area contributed by atoms with Crippen LogP contribution >= 0.6 is 0 Å². The molecular weight excluding hydrogens is 291 g/mol.